The number of hydrogen-bond donors (Lipinski definition) is 0. The van der Waals surface area contributed by atoms with E-state index >= 15 is 0 Å². The zero-order valence-electron chi connectivity index (χ0n) is 15.4. The van der Waals surface area contributed by atoms with Gasteiger partial charge in [-0.05, 0) is 36.3 Å². The average molecular weight is 317 g/mol. The first-order valence-electron chi connectivity index (χ1n) is 7.64. The average Bonchev–Trinajstić information content (AvgIpc) is 2.19. The highest BCUT2D eigenvalue weighted by Gasteiger charge is 2.37. The summed E-state index contributed by atoms with van der Waals surface area (Å²) in [5.74, 6) is 0. The van der Waals surface area contributed by atoms with Crippen molar-refractivity contribution in [1.82, 2.24) is 0 Å². The molecule has 0 amide bonds. The topological polar surface area (TPSA) is 18.5 Å². The van der Waals surface area contributed by atoms with Gasteiger partial charge in [0.2, 0.25) is 0 Å². The van der Waals surface area contributed by atoms with Gasteiger partial charge in [-0.25, -0.2) is 0 Å². The summed E-state index contributed by atoms with van der Waals surface area (Å²) < 4.78 is 12.2. The van der Waals surface area contributed by atoms with Gasteiger partial charge in [-0.3, -0.25) is 0 Å². The van der Waals surface area contributed by atoms with Gasteiger partial charge in [0.15, 0.2) is 16.6 Å². The second-order valence-corrected chi connectivity index (χ2v) is 18.2. The predicted octanol–water partition coefficient (Wildman–Crippen LogP) is 5.59. The van der Waals surface area contributed by atoms with Crippen molar-refractivity contribution in [2.45, 2.75) is 77.8 Å². The van der Waals surface area contributed by atoms with Gasteiger partial charge in [-0.15, -0.1) is 0 Å². The van der Waals surface area contributed by atoms with Crippen molar-refractivity contribution in [3.63, 3.8) is 0 Å². The summed E-state index contributed by atoms with van der Waals surface area (Å²) in [6, 6.07) is 0. The number of hydrogen-bond acceptors (Lipinski definition) is 2. The minimum Gasteiger partial charge on any atom is -0.413 e. The third-order valence-electron chi connectivity index (χ3n) is 4.86. The second-order valence-electron chi connectivity index (χ2n) is 8.61. The molecule has 0 bridgehead atoms. The molecule has 0 N–H and O–H groups in total. The Kier molecular flexibility index (Phi) is 6.93. The molecule has 0 fully saturated rings. The van der Waals surface area contributed by atoms with E-state index in [4.69, 9.17) is 8.85 Å². The van der Waals surface area contributed by atoms with Crippen LogP contribution in [0.4, 0.5) is 0 Å². The van der Waals surface area contributed by atoms with Crippen LogP contribution in [0, 0.1) is 0 Å². The monoisotopic (exact) mass is 316 g/mol. The van der Waals surface area contributed by atoms with E-state index in [1.165, 1.54) is 0 Å². The number of rotatable bonds is 6. The molecule has 0 heterocycles. The van der Waals surface area contributed by atoms with Crippen molar-refractivity contribution < 1.29 is 8.85 Å². The van der Waals surface area contributed by atoms with E-state index < -0.39 is 16.6 Å². The van der Waals surface area contributed by atoms with Crippen molar-refractivity contribution in [3.8, 4) is 0 Å². The summed E-state index contributed by atoms with van der Waals surface area (Å²) in [4.78, 5) is 0. The second kappa shape index (κ2) is 6.90. The Hall–Kier alpha value is 0.0938. The maximum absolute atomic E-state index is 6.10. The summed E-state index contributed by atoms with van der Waals surface area (Å²) in [6.07, 6.45) is 4.21. The minimum absolute atomic E-state index is 0.276. The summed E-state index contributed by atoms with van der Waals surface area (Å²) in [6.45, 7) is 24.2. The molecule has 0 aliphatic carbocycles. The van der Waals surface area contributed by atoms with E-state index in [1.807, 2.05) is 0 Å². The van der Waals surface area contributed by atoms with Gasteiger partial charge < -0.3 is 8.85 Å². The predicted molar refractivity (Wildman–Crippen MR) is 95.4 cm³/mol. The molecule has 0 aliphatic rings. The first-order valence-corrected chi connectivity index (χ1v) is 13.5. The zero-order valence-corrected chi connectivity index (χ0v) is 17.4. The summed E-state index contributed by atoms with van der Waals surface area (Å²) in [5, 5.41) is 0.553. The molecule has 0 atom stereocenters. The Bertz CT molecular complexity index is 288. The van der Waals surface area contributed by atoms with Gasteiger partial charge in [-0.1, -0.05) is 53.7 Å². The zero-order chi connectivity index (χ0) is 16.2. The Morgan fingerprint density at radius 3 is 1.10 bits per heavy atom. The lowest BCUT2D eigenvalue weighted by Gasteiger charge is -2.36. The van der Waals surface area contributed by atoms with Crippen LogP contribution in [0.15, 0.2) is 12.2 Å². The van der Waals surface area contributed by atoms with Crippen LogP contribution >= 0.6 is 0 Å². The fourth-order valence-corrected chi connectivity index (χ4v) is 2.97. The van der Waals surface area contributed by atoms with Crippen LogP contribution in [0.1, 0.15) is 41.5 Å². The van der Waals surface area contributed by atoms with Crippen LogP contribution in [-0.4, -0.2) is 29.8 Å². The third-order valence-corrected chi connectivity index (χ3v) is 13.9. The van der Waals surface area contributed by atoms with E-state index in [2.05, 4.69) is 79.9 Å². The molecule has 120 valence electrons. The fraction of sp³-hybridized carbons (Fsp3) is 0.875. The smallest absolute Gasteiger partial charge is 0.192 e. The van der Waals surface area contributed by atoms with E-state index in [9.17, 15) is 0 Å². The SMILES string of the molecule is CC(C)(C)[Si](C)(C)OC/C=C\CO[Si](C)(C)C(C)(C)C. The van der Waals surface area contributed by atoms with Crippen LogP contribution in [0.2, 0.25) is 36.3 Å². The Balaban J connectivity index is 4.14. The quantitative estimate of drug-likeness (QED) is 0.470. The van der Waals surface area contributed by atoms with Gasteiger partial charge in [0.25, 0.3) is 0 Å². The molecule has 0 aromatic carbocycles. The van der Waals surface area contributed by atoms with E-state index in [1.54, 1.807) is 0 Å². The first kappa shape index (κ1) is 20.1. The Morgan fingerprint density at radius 1 is 0.650 bits per heavy atom. The molecule has 0 rings (SSSR count). The molecule has 0 radical (unpaired) electrons. The molecule has 0 spiro atoms. The largest absolute Gasteiger partial charge is 0.413 e. The highest BCUT2D eigenvalue weighted by atomic mass is 28.4. The molecule has 20 heavy (non-hydrogen) atoms. The molecule has 4 heteroatoms. The van der Waals surface area contributed by atoms with Crippen molar-refractivity contribution >= 4 is 16.6 Å². The molecule has 0 saturated heterocycles. The molecule has 0 aromatic heterocycles. The first-order chi connectivity index (χ1) is 8.71. The third kappa shape index (κ3) is 6.25. The highest BCUT2D eigenvalue weighted by molar-refractivity contribution is 6.74. The Labute approximate surface area is 129 Å². The van der Waals surface area contributed by atoms with Gasteiger partial charge in [-0.2, -0.15) is 0 Å². The fourth-order valence-electron chi connectivity index (χ4n) is 1.08. The molecule has 0 saturated carbocycles. The highest BCUT2D eigenvalue weighted by Crippen LogP contribution is 2.37. The van der Waals surface area contributed by atoms with Crippen LogP contribution in [0.25, 0.3) is 0 Å². The van der Waals surface area contributed by atoms with Crippen LogP contribution < -0.4 is 0 Å². The minimum atomic E-state index is -1.62. The van der Waals surface area contributed by atoms with Gasteiger partial charge in [0.05, 0.1) is 13.2 Å². The van der Waals surface area contributed by atoms with Gasteiger partial charge in [0, 0.05) is 0 Å². The molecule has 2 nitrogen and oxygen atoms in total. The van der Waals surface area contributed by atoms with E-state index in [-0.39, 0.29) is 10.1 Å². The summed E-state index contributed by atoms with van der Waals surface area (Å²) >= 11 is 0. The van der Waals surface area contributed by atoms with Crippen molar-refractivity contribution in [3.05, 3.63) is 12.2 Å². The van der Waals surface area contributed by atoms with Crippen LogP contribution in [0.3, 0.4) is 0 Å². The lowest BCUT2D eigenvalue weighted by molar-refractivity contribution is 0.317. The molecule has 0 unspecified atom stereocenters. The maximum Gasteiger partial charge on any atom is 0.192 e. The van der Waals surface area contributed by atoms with E-state index in [0.29, 0.717) is 13.2 Å². The van der Waals surface area contributed by atoms with Crippen LogP contribution in [0.5, 0.6) is 0 Å². The molecular weight excluding hydrogens is 280 g/mol. The van der Waals surface area contributed by atoms with Gasteiger partial charge >= 0.3 is 0 Å². The molecule has 0 aromatic rings. The normalized spacial score (nSPS) is 15.1. The lowest BCUT2D eigenvalue weighted by Crippen LogP contribution is -2.41. The van der Waals surface area contributed by atoms with Gasteiger partial charge in [0.1, 0.15) is 0 Å². The standard InChI is InChI=1S/C16H36O2Si2/c1-15(2,3)19(7,8)17-13-11-12-14-18-20(9,10)16(4,5)6/h11-12H,13-14H2,1-10H3/b12-11-. The lowest BCUT2D eigenvalue weighted by atomic mass is 10.2. The van der Waals surface area contributed by atoms with Crippen molar-refractivity contribution in [2.24, 2.45) is 0 Å². The Morgan fingerprint density at radius 2 is 0.900 bits per heavy atom. The summed E-state index contributed by atoms with van der Waals surface area (Å²) in [7, 11) is -3.23. The molecular formula is C16H36O2Si2. The molecule has 0 aliphatic heterocycles. The summed E-state index contributed by atoms with van der Waals surface area (Å²) in [5.41, 5.74) is 0. The van der Waals surface area contributed by atoms with Crippen LogP contribution in [-0.2, 0) is 8.85 Å². The van der Waals surface area contributed by atoms with E-state index in [0.717, 1.165) is 0 Å². The van der Waals surface area contributed by atoms with Crippen molar-refractivity contribution in [2.75, 3.05) is 13.2 Å². The van der Waals surface area contributed by atoms with Crippen molar-refractivity contribution in [1.29, 1.82) is 0 Å². The maximum atomic E-state index is 6.10.